The van der Waals surface area contributed by atoms with Crippen LogP contribution in [0.1, 0.15) is 22.4 Å². The Morgan fingerprint density at radius 3 is 2.50 bits per heavy atom. The van der Waals surface area contributed by atoms with Crippen molar-refractivity contribution in [3.63, 3.8) is 0 Å². The highest BCUT2D eigenvalue weighted by atomic mass is 19.4. The number of hydrogen-bond acceptors (Lipinski definition) is 3. The summed E-state index contributed by atoms with van der Waals surface area (Å²) in [6, 6.07) is 0.389. The van der Waals surface area contributed by atoms with Crippen LogP contribution in [0, 0.1) is 0 Å². The molecular weight excluding hydrogens is 210 g/mol. The third-order valence-corrected chi connectivity index (χ3v) is 1.29. The lowest BCUT2D eigenvalue weighted by atomic mass is 10.2. The maximum Gasteiger partial charge on any atom is 0.425 e. The van der Waals surface area contributed by atoms with E-state index in [1.165, 1.54) is 0 Å². The van der Waals surface area contributed by atoms with Crippen molar-refractivity contribution in [1.82, 2.24) is 5.16 Å². The van der Waals surface area contributed by atoms with Crippen LogP contribution in [0.25, 0.3) is 0 Å². The van der Waals surface area contributed by atoms with E-state index < -0.39 is 29.8 Å². The number of carbonyl (C=O) groups is 1. The number of hydrogen-bond donors (Lipinski definition) is 1. The van der Waals surface area contributed by atoms with Gasteiger partial charge in [0.05, 0.1) is 0 Å². The summed E-state index contributed by atoms with van der Waals surface area (Å²) in [5, 5.41) is 10.9. The van der Waals surface area contributed by atoms with Gasteiger partial charge in [0.1, 0.15) is 5.69 Å². The number of halogens is 4. The third kappa shape index (κ3) is 2.01. The predicted octanol–water partition coefficient (Wildman–Crippen LogP) is 1.95. The lowest BCUT2D eigenvalue weighted by Crippen LogP contribution is -2.16. The maximum absolute atomic E-state index is 12.5. The molecule has 0 bridgehead atoms. The zero-order valence-electron chi connectivity index (χ0n) is 6.38. The second kappa shape index (κ2) is 3.28. The topological polar surface area (TPSA) is 63.3 Å². The van der Waals surface area contributed by atoms with Crippen molar-refractivity contribution in [1.29, 1.82) is 0 Å². The highest BCUT2D eigenvalue weighted by molar-refractivity contribution is 5.84. The molecule has 0 aliphatic rings. The van der Waals surface area contributed by atoms with E-state index in [4.69, 9.17) is 5.11 Å². The molecule has 0 radical (unpaired) electrons. The molecule has 1 aromatic heterocycles. The first-order valence-corrected chi connectivity index (χ1v) is 3.23. The first-order valence-electron chi connectivity index (χ1n) is 3.23. The minimum Gasteiger partial charge on any atom is -0.475 e. The van der Waals surface area contributed by atoms with Crippen LogP contribution in [0.15, 0.2) is 10.6 Å². The minimum absolute atomic E-state index is 0.389. The number of aromatic carboxylic acids is 1. The van der Waals surface area contributed by atoms with Crippen LogP contribution < -0.4 is 0 Å². The molecule has 1 atom stereocenters. The summed E-state index contributed by atoms with van der Waals surface area (Å²) in [5.41, 5.74) is -1.10. The normalized spacial score (nSPS) is 14.0. The van der Waals surface area contributed by atoms with Crippen LogP contribution in [0.2, 0.25) is 0 Å². The Bertz CT molecular complexity index is 345. The molecule has 1 heterocycles. The van der Waals surface area contributed by atoms with E-state index in [0.29, 0.717) is 6.07 Å². The third-order valence-electron chi connectivity index (χ3n) is 1.29. The lowest BCUT2D eigenvalue weighted by molar-refractivity contribution is -0.184. The summed E-state index contributed by atoms with van der Waals surface area (Å²) in [6.45, 7) is 0. The van der Waals surface area contributed by atoms with Gasteiger partial charge in [-0.2, -0.15) is 13.2 Å². The zero-order chi connectivity index (χ0) is 10.9. The molecule has 0 aliphatic heterocycles. The summed E-state index contributed by atoms with van der Waals surface area (Å²) >= 11 is 0. The number of nitrogens with zero attached hydrogens (tertiary/aromatic N) is 1. The fraction of sp³-hybridized carbons (Fsp3) is 0.333. The van der Waals surface area contributed by atoms with E-state index in [-0.39, 0.29) is 0 Å². The molecule has 1 rings (SSSR count). The SMILES string of the molecule is O=C(O)c1cc(C(F)C(F)(F)F)no1. The molecule has 1 N–H and O–H groups in total. The van der Waals surface area contributed by atoms with Crippen molar-refractivity contribution in [3.8, 4) is 0 Å². The van der Waals surface area contributed by atoms with Crippen molar-refractivity contribution in [3.05, 3.63) is 17.5 Å². The van der Waals surface area contributed by atoms with Gasteiger partial charge in [0.2, 0.25) is 11.9 Å². The van der Waals surface area contributed by atoms with Crippen molar-refractivity contribution in [2.24, 2.45) is 0 Å². The van der Waals surface area contributed by atoms with Crippen LogP contribution in [0.4, 0.5) is 17.6 Å². The molecule has 4 nitrogen and oxygen atoms in total. The molecule has 0 aromatic carbocycles. The largest absolute Gasteiger partial charge is 0.475 e. The van der Waals surface area contributed by atoms with Gasteiger partial charge >= 0.3 is 12.1 Å². The second-order valence-corrected chi connectivity index (χ2v) is 2.33. The van der Waals surface area contributed by atoms with Gasteiger partial charge in [-0.1, -0.05) is 5.16 Å². The average molecular weight is 213 g/mol. The summed E-state index contributed by atoms with van der Waals surface area (Å²) in [7, 11) is 0. The summed E-state index contributed by atoms with van der Waals surface area (Å²) in [5.74, 6) is -2.45. The van der Waals surface area contributed by atoms with Crippen LogP contribution >= 0.6 is 0 Å². The van der Waals surface area contributed by atoms with E-state index >= 15 is 0 Å². The van der Waals surface area contributed by atoms with Gasteiger partial charge in [0.25, 0.3) is 0 Å². The number of aromatic nitrogens is 1. The number of carboxylic acids is 1. The van der Waals surface area contributed by atoms with E-state index in [0.717, 1.165) is 0 Å². The van der Waals surface area contributed by atoms with E-state index in [9.17, 15) is 22.4 Å². The van der Waals surface area contributed by atoms with E-state index in [1.54, 1.807) is 0 Å². The van der Waals surface area contributed by atoms with E-state index in [1.807, 2.05) is 0 Å². The molecule has 0 saturated carbocycles. The Labute approximate surface area is 74.1 Å². The maximum atomic E-state index is 12.5. The molecule has 0 amide bonds. The highest BCUT2D eigenvalue weighted by Gasteiger charge is 2.43. The molecule has 0 aliphatic carbocycles. The highest BCUT2D eigenvalue weighted by Crippen LogP contribution is 2.35. The van der Waals surface area contributed by atoms with E-state index in [2.05, 4.69) is 9.68 Å². The van der Waals surface area contributed by atoms with Gasteiger partial charge < -0.3 is 9.63 Å². The Morgan fingerprint density at radius 1 is 1.57 bits per heavy atom. The Hall–Kier alpha value is -1.60. The van der Waals surface area contributed by atoms with Crippen LogP contribution in [-0.2, 0) is 0 Å². The molecule has 1 aromatic rings. The molecule has 8 heteroatoms. The van der Waals surface area contributed by atoms with Gasteiger partial charge in [-0.05, 0) is 0 Å². The minimum atomic E-state index is -5.12. The Morgan fingerprint density at radius 2 is 2.14 bits per heavy atom. The van der Waals surface area contributed by atoms with Crippen LogP contribution in [-0.4, -0.2) is 22.4 Å². The molecule has 0 spiro atoms. The van der Waals surface area contributed by atoms with Gasteiger partial charge in [-0.25, -0.2) is 9.18 Å². The molecule has 1 unspecified atom stereocenters. The first kappa shape index (κ1) is 10.5. The van der Waals surface area contributed by atoms with Crippen molar-refractivity contribution < 1.29 is 32.0 Å². The fourth-order valence-electron chi connectivity index (χ4n) is 0.677. The van der Waals surface area contributed by atoms with Gasteiger partial charge in [-0.15, -0.1) is 0 Å². The van der Waals surface area contributed by atoms with Crippen LogP contribution in [0.3, 0.4) is 0 Å². The number of alkyl halides is 4. The van der Waals surface area contributed by atoms with Gasteiger partial charge in [0, 0.05) is 6.07 Å². The second-order valence-electron chi connectivity index (χ2n) is 2.33. The lowest BCUT2D eigenvalue weighted by Gasteiger charge is -2.07. The zero-order valence-corrected chi connectivity index (χ0v) is 6.38. The molecule has 78 valence electrons. The van der Waals surface area contributed by atoms with Gasteiger partial charge in [-0.3, -0.25) is 0 Å². The van der Waals surface area contributed by atoms with Crippen molar-refractivity contribution in [2.75, 3.05) is 0 Å². The average Bonchev–Trinajstić information content (AvgIpc) is 2.48. The van der Waals surface area contributed by atoms with Crippen LogP contribution in [0.5, 0.6) is 0 Å². The summed E-state index contributed by atoms with van der Waals surface area (Å²) in [6.07, 6.45) is -8.45. The first-order chi connectivity index (χ1) is 6.32. The molecule has 0 saturated heterocycles. The number of rotatable bonds is 2. The standard InChI is InChI=1S/C6H3F4NO3/c7-4(6(8,9)10)2-1-3(5(12)13)14-11-2/h1,4H,(H,12,13). The van der Waals surface area contributed by atoms with Crippen molar-refractivity contribution in [2.45, 2.75) is 12.3 Å². The predicted molar refractivity (Wildman–Crippen MR) is 33.4 cm³/mol. The molecule has 0 fully saturated rings. The monoisotopic (exact) mass is 213 g/mol. The number of carboxylic acid groups (broad SMARTS) is 1. The summed E-state index contributed by atoms with van der Waals surface area (Å²) in [4.78, 5) is 10.1. The van der Waals surface area contributed by atoms with Gasteiger partial charge in [0.15, 0.2) is 0 Å². The summed E-state index contributed by atoms with van der Waals surface area (Å²) < 4.78 is 51.7. The Kier molecular flexibility index (Phi) is 2.45. The molecular formula is C6H3F4NO3. The quantitative estimate of drug-likeness (QED) is 0.762. The smallest absolute Gasteiger partial charge is 0.425 e. The fourth-order valence-corrected chi connectivity index (χ4v) is 0.677. The molecule has 14 heavy (non-hydrogen) atoms. The Balaban J connectivity index is 2.92. The van der Waals surface area contributed by atoms with Crippen molar-refractivity contribution >= 4 is 5.97 Å².